The largest absolute Gasteiger partial charge is 0.343 e. The van der Waals surface area contributed by atoms with E-state index in [1.54, 1.807) is 20.0 Å². The van der Waals surface area contributed by atoms with Gasteiger partial charge in [-0.15, -0.1) is 0 Å². The number of aromatic nitrogens is 4. The number of amides is 1. The molecule has 20 heavy (non-hydrogen) atoms. The number of carbonyl (C=O) groups excluding carboxylic acids is 1. The molecule has 0 radical (unpaired) electrons. The van der Waals surface area contributed by atoms with Crippen molar-refractivity contribution in [1.29, 1.82) is 0 Å². The fourth-order valence-electron chi connectivity index (χ4n) is 1.75. The second kappa shape index (κ2) is 6.04. The van der Waals surface area contributed by atoms with Gasteiger partial charge < -0.3 is 9.84 Å². The molecule has 0 aliphatic heterocycles. The van der Waals surface area contributed by atoms with Crippen LogP contribution in [-0.2, 0) is 11.3 Å². The van der Waals surface area contributed by atoms with Crippen molar-refractivity contribution in [3.63, 3.8) is 0 Å². The molecule has 1 atom stereocenters. The topological polar surface area (TPSA) is 85.8 Å². The number of halogens is 1. The van der Waals surface area contributed by atoms with Gasteiger partial charge in [0.05, 0.1) is 10.7 Å². The van der Waals surface area contributed by atoms with Crippen LogP contribution in [0.3, 0.4) is 0 Å². The molecule has 0 spiro atoms. The van der Waals surface area contributed by atoms with Crippen molar-refractivity contribution in [3.8, 4) is 0 Å². The van der Waals surface area contributed by atoms with Gasteiger partial charge in [0.15, 0.2) is 5.82 Å². The fraction of sp³-hybridized carbons (Fsp3) is 0.500. The van der Waals surface area contributed by atoms with Crippen LogP contribution in [0.4, 0.5) is 0 Å². The Bertz CT molecular complexity index is 587. The molecule has 2 rings (SSSR count). The molecular formula is C12H16ClN5O2. The van der Waals surface area contributed by atoms with Crippen LogP contribution in [0.25, 0.3) is 0 Å². The summed E-state index contributed by atoms with van der Waals surface area (Å²) in [4.78, 5) is 16.1. The van der Waals surface area contributed by atoms with Gasteiger partial charge in [-0.2, -0.15) is 10.1 Å². The summed E-state index contributed by atoms with van der Waals surface area (Å²) in [6.07, 6.45) is 2.28. The molecule has 0 fully saturated rings. The molecule has 0 aliphatic rings. The minimum Gasteiger partial charge on any atom is -0.343 e. The molecule has 0 aliphatic carbocycles. The van der Waals surface area contributed by atoms with Crippen LogP contribution in [0.5, 0.6) is 0 Å². The van der Waals surface area contributed by atoms with Gasteiger partial charge in [-0.05, 0) is 20.3 Å². The van der Waals surface area contributed by atoms with Crippen LogP contribution in [0.1, 0.15) is 36.8 Å². The smallest absolute Gasteiger partial charge is 0.249 e. The lowest BCUT2D eigenvalue weighted by Gasteiger charge is -2.12. The third-order valence-electron chi connectivity index (χ3n) is 2.78. The highest BCUT2D eigenvalue weighted by Gasteiger charge is 2.19. The Hall–Kier alpha value is -1.89. The highest BCUT2D eigenvalue weighted by molar-refractivity contribution is 6.31. The van der Waals surface area contributed by atoms with E-state index < -0.39 is 0 Å². The van der Waals surface area contributed by atoms with Crippen LogP contribution in [0.2, 0.25) is 5.02 Å². The highest BCUT2D eigenvalue weighted by Crippen LogP contribution is 2.15. The van der Waals surface area contributed by atoms with Gasteiger partial charge >= 0.3 is 0 Å². The predicted octanol–water partition coefficient (Wildman–Crippen LogP) is 1.80. The second-order valence-electron chi connectivity index (χ2n) is 4.47. The first kappa shape index (κ1) is 14.5. The summed E-state index contributed by atoms with van der Waals surface area (Å²) in [5, 5.41) is 11.2. The van der Waals surface area contributed by atoms with Gasteiger partial charge in [-0.1, -0.05) is 23.7 Å². The third kappa shape index (κ3) is 3.36. The molecule has 1 amide bonds. The highest BCUT2D eigenvalue weighted by atomic mass is 35.5. The zero-order valence-corrected chi connectivity index (χ0v) is 12.3. The van der Waals surface area contributed by atoms with E-state index in [4.69, 9.17) is 16.1 Å². The van der Waals surface area contributed by atoms with Crippen molar-refractivity contribution < 1.29 is 9.32 Å². The normalized spacial score (nSPS) is 12.4. The van der Waals surface area contributed by atoms with Gasteiger partial charge in [0.25, 0.3) is 0 Å². The molecule has 0 aromatic carbocycles. The average Bonchev–Trinajstić information content (AvgIpc) is 2.94. The van der Waals surface area contributed by atoms with E-state index in [2.05, 4.69) is 20.6 Å². The molecule has 0 saturated heterocycles. The van der Waals surface area contributed by atoms with Crippen LogP contribution >= 0.6 is 11.6 Å². The van der Waals surface area contributed by atoms with E-state index in [9.17, 15) is 4.79 Å². The lowest BCUT2D eigenvalue weighted by atomic mass is 10.2. The zero-order valence-electron chi connectivity index (χ0n) is 11.6. The van der Waals surface area contributed by atoms with E-state index in [1.165, 1.54) is 4.68 Å². The number of carbonyl (C=O) groups is 1. The summed E-state index contributed by atoms with van der Waals surface area (Å²) in [6.45, 7) is 5.54. The maximum absolute atomic E-state index is 12.0. The van der Waals surface area contributed by atoms with E-state index in [1.807, 2.05) is 6.92 Å². The minimum absolute atomic E-state index is 0.0944. The molecule has 0 unspecified atom stereocenters. The minimum atomic E-state index is -0.296. The Labute approximate surface area is 121 Å². The molecule has 1 N–H and O–H groups in total. The van der Waals surface area contributed by atoms with Gasteiger partial charge in [0.2, 0.25) is 11.8 Å². The van der Waals surface area contributed by atoms with Crippen molar-refractivity contribution in [3.05, 3.63) is 28.6 Å². The van der Waals surface area contributed by atoms with Crippen LogP contribution in [0, 0.1) is 13.8 Å². The van der Waals surface area contributed by atoms with Crippen molar-refractivity contribution >= 4 is 17.5 Å². The first-order chi connectivity index (χ1) is 9.49. The summed E-state index contributed by atoms with van der Waals surface area (Å²) >= 11 is 5.90. The number of hydrogen-bond donors (Lipinski definition) is 1. The molecule has 2 aromatic rings. The van der Waals surface area contributed by atoms with Crippen LogP contribution in [-0.4, -0.2) is 25.8 Å². The Morgan fingerprint density at radius 1 is 1.55 bits per heavy atom. The Morgan fingerprint density at radius 2 is 2.30 bits per heavy atom. The zero-order chi connectivity index (χ0) is 14.7. The number of rotatable bonds is 5. The summed E-state index contributed by atoms with van der Waals surface area (Å²) in [7, 11) is 0. The fourth-order valence-corrected chi connectivity index (χ4v) is 1.91. The van der Waals surface area contributed by atoms with Crippen LogP contribution < -0.4 is 5.32 Å². The van der Waals surface area contributed by atoms with E-state index in [-0.39, 0.29) is 18.5 Å². The number of nitrogens with one attached hydrogen (secondary N) is 1. The number of hydrogen-bond acceptors (Lipinski definition) is 5. The number of nitrogens with zero attached hydrogens (tertiary/aromatic N) is 4. The van der Waals surface area contributed by atoms with E-state index in [0.717, 1.165) is 0 Å². The molecule has 2 heterocycles. The monoisotopic (exact) mass is 297 g/mol. The van der Waals surface area contributed by atoms with E-state index >= 15 is 0 Å². The van der Waals surface area contributed by atoms with Gasteiger partial charge in [0, 0.05) is 6.20 Å². The summed E-state index contributed by atoms with van der Waals surface area (Å²) in [5.74, 6) is 0.766. The first-order valence-electron chi connectivity index (χ1n) is 6.28. The summed E-state index contributed by atoms with van der Waals surface area (Å²) < 4.78 is 6.57. The van der Waals surface area contributed by atoms with Crippen molar-refractivity contribution in [2.45, 2.75) is 39.8 Å². The second-order valence-corrected chi connectivity index (χ2v) is 4.88. The van der Waals surface area contributed by atoms with E-state index in [0.29, 0.717) is 28.9 Å². The maximum Gasteiger partial charge on any atom is 0.249 e. The lowest BCUT2D eigenvalue weighted by Crippen LogP contribution is -2.31. The standard InChI is InChI=1S/C12H16ClN5O2/c1-4-10(12-14-8(3)17-20-12)15-11(19)6-18-5-9(13)7(2)16-18/h5,10H,4,6H2,1-3H3,(H,15,19)/t10-/m0/s1. The Balaban J connectivity index is 1.99. The van der Waals surface area contributed by atoms with Gasteiger partial charge in [-0.25, -0.2) is 0 Å². The Morgan fingerprint density at radius 3 is 2.80 bits per heavy atom. The van der Waals surface area contributed by atoms with Gasteiger partial charge in [-0.3, -0.25) is 9.48 Å². The quantitative estimate of drug-likeness (QED) is 0.909. The predicted molar refractivity (Wildman–Crippen MR) is 72.2 cm³/mol. The van der Waals surface area contributed by atoms with Crippen molar-refractivity contribution in [2.75, 3.05) is 0 Å². The SMILES string of the molecule is CC[C@H](NC(=O)Cn1cc(Cl)c(C)n1)c1nc(C)no1. The van der Waals surface area contributed by atoms with Crippen molar-refractivity contribution in [2.24, 2.45) is 0 Å². The summed E-state index contributed by atoms with van der Waals surface area (Å²) in [6, 6.07) is -0.296. The molecule has 7 nitrogen and oxygen atoms in total. The first-order valence-corrected chi connectivity index (χ1v) is 6.66. The molecular weight excluding hydrogens is 282 g/mol. The molecule has 0 bridgehead atoms. The molecule has 108 valence electrons. The van der Waals surface area contributed by atoms with Crippen LogP contribution in [0.15, 0.2) is 10.7 Å². The number of aryl methyl sites for hydroxylation is 2. The Kier molecular flexibility index (Phi) is 4.39. The molecule has 8 heteroatoms. The third-order valence-corrected chi connectivity index (χ3v) is 3.15. The molecule has 0 saturated carbocycles. The summed E-state index contributed by atoms with van der Waals surface area (Å²) in [5.41, 5.74) is 0.694. The van der Waals surface area contributed by atoms with Gasteiger partial charge in [0.1, 0.15) is 12.6 Å². The van der Waals surface area contributed by atoms with Crippen molar-refractivity contribution in [1.82, 2.24) is 25.2 Å². The lowest BCUT2D eigenvalue weighted by molar-refractivity contribution is -0.122. The average molecular weight is 298 g/mol. The maximum atomic E-state index is 12.0. The molecule has 2 aromatic heterocycles.